The molecule has 0 aliphatic carbocycles. The molecule has 1 aromatic carbocycles. The van der Waals surface area contributed by atoms with Gasteiger partial charge in [0.05, 0.1) is 12.1 Å². The molecule has 1 fully saturated rings. The van der Waals surface area contributed by atoms with Gasteiger partial charge in [-0.15, -0.1) is 0 Å². The third kappa shape index (κ3) is 4.16. The molecule has 0 saturated carbocycles. The lowest BCUT2D eigenvalue weighted by Crippen LogP contribution is -2.38. The van der Waals surface area contributed by atoms with Gasteiger partial charge in [0, 0.05) is 11.5 Å². The molecule has 1 saturated heterocycles. The number of carbonyl (C=O) groups is 1. The van der Waals surface area contributed by atoms with Crippen molar-refractivity contribution >= 4 is 5.91 Å². The summed E-state index contributed by atoms with van der Waals surface area (Å²) in [5, 5.41) is 3.82. The molecule has 2 heterocycles. The number of aromatic nitrogens is 2. The van der Waals surface area contributed by atoms with Crippen molar-refractivity contribution in [2.45, 2.75) is 25.6 Å². The van der Waals surface area contributed by atoms with E-state index in [2.05, 4.69) is 15.0 Å². The number of nitrogens with two attached hydrogens (primary N) is 1. The predicted octanol–water partition coefficient (Wildman–Crippen LogP) is 2.45. The number of hydrogen-bond acceptors (Lipinski definition) is 5. The van der Waals surface area contributed by atoms with Crippen LogP contribution in [0.1, 0.15) is 24.3 Å². The molecule has 0 radical (unpaired) electrons. The quantitative estimate of drug-likeness (QED) is 0.912. The van der Waals surface area contributed by atoms with Crippen LogP contribution in [0, 0.1) is 5.92 Å². The van der Waals surface area contributed by atoms with Crippen molar-refractivity contribution in [3.8, 4) is 11.4 Å². The highest BCUT2D eigenvalue weighted by Crippen LogP contribution is 2.30. The van der Waals surface area contributed by atoms with Crippen LogP contribution < -0.4 is 5.73 Å². The van der Waals surface area contributed by atoms with Crippen LogP contribution in [0.2, 0.25) is 0 Å². The topological polar surface area (TPSA) is 85.3 Å². The lowest BCUT2D eigenvalue weighted by molar-refractivity contribution is -0.137. The maximum absolute atomic E-state index is 12.6. The lowest BCUT2D eigenvalue weighted by Gasteiger charge is -2.29. The maximum Gasteiger partial charge on any atom is 0.416 e. The summed E-state index contributed by atoms with van der Waals surface area (Å²) in [4.78, 5) is 17.5. The molecule has 1 aliphatic heterocycles. The number of primary amides is 1. The van der Waals surface area contributed by atoms with Crippen molar-refractivity contribution in [3.05, 3.63) is 35.7 Å². The second-order valence-corrected chi connectivity index (χ2v) is 6.04. The Bertz CT molecular complexity index is 735. The van der Waals surface area contributed by atoms with Crippen molar-refractivity contribution in [1.82, 2.24) is 15.0 Å². The number of rotatable bonds is 4. The van der Waals surface area contributed by atoms with Crippen LogP contribution in [0.15, 0.2) is 28.8 Å². The summed E-state index contributed by atoms with van der Waals surface area (Å²) in [7, 11) is 0. The van der Waals surface area contributed by atoms with Crippen LogP contribution in [-0.4, -0.2) is 34.0 Å². The van der Waals surface area contributed by atoms with E-state index in [1.807, 2.05) is 0 Å². The molecule has 25 heavy (non-hydrogen) atoms. The van der Waals surface area contributed by atoms with Crippen molar-refractivity contribution in [2.75, 3.05) is 13.1 Å². The van der Waals surface area contributed by atoms with Gasteiger partial charge in [0.2, 0.25) is 17.6 Å². The van der Waals surface area contributed by atoms with Crippen LogP contribution in [0.25, 0.3) is 11.4 Å². The average Bonchev–Trinajstić information content (AvgIpc) is 3.03. The molecular weight excluding hydrogens is 337 g/mol. The zero-order valence-corrected chi connectivity index (χ0v) is 13.3. The van der Waals surface area contributed by atoms with E-state index in [4.69, 9.17) is 10.3 Å². The number of carbonyl (C=O) groups excluding carboxylic acids is 1. The summed E-state index contributed by atoms with van der Waals surface area (Å²) >= 11 is 0. The van der Waals surface area contributed by atoms with Crippen LogP contribution in [-0.2, 0) is 17.5 Å². The number of nitrogens with zero attached hydrogens (tertiary/aromatic N) is 3. The van der Waals surface area contributed by atoms with Gasteiger partial charge in [-0.2, -0.15) is 18.2 Å². The molecule has 134 valence electrons. The van der Waals surface area contributed by atoms with Crippen LogP contribution >= 0.6 is 0 Å². The first kappa shape index (κ1) is 17.4. The van der Waals surface area contributed by atoms with Gasteiger partial charge >= 0.3 is 6.18 Å². The number of piperidine rings is 1. The zero-order valence-electron chi connectivity index (χ0n) is 13.3. The van der Waals surface area contributed by atoms with E-state index in [0.717, 1.165) is 12.1 Å². The lowest BCUT2D eigenvalue weighted by atomic mass is 9.96. The highest BCUT2D eigenvalue weighted by atomic mass is 19.4. The molecule has 9 heteroatoms. The van der Waals surface area contributed by atoms with E-state index in [-0.39, 0.29) is 17.6 Å². The number of alkyl halides is 3. The first-order valence-corrected chi connectivity index (χ1v) is 7.85. The van der Waals surface area contributed by atoms with Gasteiger partial charge in [0.15, 0.2) is 0 Å². The fourth-order valence-electron chi connectivity index (χ4n) is 2.81. The van der Waals surface area contributed by atoms with Crippen molar-refractivity contribution < 1.29 is 22.5 Å². The monoisotopic (exact) mass is 354 g/mol. The van der Waals surface area contributed by atoms with Gasteiger partial charge in [-0.3, -0.25) is 9.69 Å². The predicted molar refractivity (Wildman–Crippen MR) is 81.9 cm³/mol. The molecule has 3 rings (SSSR count). The van der Waals surface area contributed by atoms with Gasteiger partial charge in [-0.05, 0) is 38.1 Å². The fraction of sp³-hybridized carbons (Fsp3) is 0.438. The van der Waals surface area contributed by atoms with E-state index in [0.29, 0.717) is 43.9 Å². The van der Waals surface area contributed by atoms with Crippen molar-refractivity contribution in [2.24, 2.45) is 11.7 Å². The first-order chi connectivity index (χ1) is 11.8. The minimum Gasteiger partial charge on any atom is -0.369 e. The highest BCUT2D eigenvalue weighted by molar-refractivity contribution is 5.76. The number of likely N-dealkylation sites (tertiary alicyclic amines) is 1. The van der Waals surface area contributed by atoms with E-state index < -0.39 is 11.7 Å². The standard InChI is InChI=1S/C16H17F3N4O2/c17-16(18,19)12-3-1-11(2-4-12)15-21-13(25-22-15)9-23-7-5-10(6-8-23)14(20)24/h1-4,10H,5-9H2,(H2,20,24). The van der Waals surface area contributed by atoms with Gasteiger partial charge in [-0.1, -0.05) is 17.3 Å². The van der Waals surface area contributed by atoms with Gasteiger partial charge in [-0.25, -0.2) is 0 Å². The first-order valence-electron chi connectivity index (χ1n) is 7.85. The molecule has 0 unspecified atom stereocenters. The van der Waals surface area contributed by atoms with Crippen LogP contribution in [0.5, 0.6) is 0 Å². The largest absolute Gasteiger partial charge is 0.416 e. The Labute approximate surface area is 141 Å². The Balaban J connectivity index is 1.62. The Morgan fingerprint density at radius 3 is 2.44 bits per heavy atom. The Morgan fingerprint density at radius 2 is 1.88 bits per heavy atom. The van der Waals surface area contributed by atoms with Gasteiger partial charge < -0.3 is 10.3 Å². The third-order valence-electron chi connectivity index (χ3n) is 4.29. The number of hydrogen-bond donors (Lipinski definition) is 1. The Morgan fingerprint density at radius 1 is 1.24 bits per heavy atom. The average molecular weight is 354 g/mol. The minimum absolute atomic E-state index is 0.0957. The minimum atomic E-state index is -4.38. The van der Waals surface area contributed by atoms with E-state index >= 15 is 0 Å². The molecule has 0 bridgehead atoms. The van der Waals surface area contributed by atoms with Crippen molar-refractivity contribution in [1.29, 1.82) is 0 Å². The number of amides is 1. The second-order valence-electron chi connectivity index (χ2n) is 6.04. The number of halogens is 3. The smallest absolute Gasteiger partial charge is 0.369 e. The molecule has 2 aromatic rings. The number of benzene rings is 1. The van der Waals surface area contributed by atoms with E-state index in [1.54, 1.807) is 0 Å². The third-order valence-corrected chi connectivity index (χ3v) is 4.29. The van der Waals surface area contributed by atoms with Crippen LogP contribution in [0.3, 0.4) is 0 Å². The SMILES string of the molecule is NC(=O)C1CCN(Cc2nc(-c3ccc(C(F)(F)F)cc3)no2)CC1. The summed E-state index contributed by atoms with van der Waals surface area (Å²) in [6.07, 6.45) is -3.00. The molecule has 1 amide bonds. The molecule has 2 N–H and O–H groups in total. The normalized spacial score (nSPS) is 16.9. The molecule has 1 aliphatic rings. The van der Waals surface area contributed by atoms with E-state index in [1.165, 1.54) is 12.1 Å². The van der Waals surface area contributed by atoms with Crippen LogP contribution in [0.4, 0.5) is 13.2 Å². The summed E-state index contributed by atoms with van der Waals surface area (Å²) in [6.45, 7) is 1.83. The molecule has 0 atom stereocenters. The zero-order chi connectivity index (χ0) is 18.0. The second kappa shape index (κ2) is 6.83. The summed E-state index contributed by atoms with van der Waals surface area (Å²) in [6, 6.07) is 4.60. The summed E-state index contributed by atoms with van der Waals surface area (Å²) in [5.74, 6) is 0.256. The Hall–Kier alpha value is -2.42. The summed E-state index contributed by atoms with van der Waals surface area (Å²) in [5.41, 5.74) is 5.03. The summed E-state index contributed by atoms with van der Waals surface area (Å²) < 4.78 is 42.9. The van der Waals surface area contributed by atoms with Gasteiger partial charge in [0.1, 0.15) is 0 Å². The molecule has 1 aromatic heterocycles. The van der Waals surface area contributed by atoms with Crippen molar-refractivity contribution in [3.63, 3.8) is 0 Å². The van der Waals surface area contributed by atoms with E-state index in [9.17, 15) is 18.0 Å². The molecular formula is C16H17F3N4O2. The Kier molecular flexibility index (Phi) is 4.76. The highest BCUT2D eigenvalue weighted by Gasteiger charge is 2.30. The molecule has 0 spiro atoms. The molecule has 6 nitrogen and oxygen atoms in total. The fourth-order valence-corrected chi connectivity index (χ4v) is 2.81. The van der Waals surface area contributed by atoms with Gasteiger partial charge in [0.25, 0.3) is 0 Å². The maximum atomic E-state index is 12.6.